The Hall–Kier alpha value is -1.05. The summed E-state index contributed by atoms with van der Waals surface area (Å²) < 4.78 is 9.27. The number of hydrogen-bond acceptors (Lipinski definition) is 6. The van der Waals surface area contributed by atoms with Crippen molar-refractivity contribution in [2.45, 2.75) is 13.3 Å². The fourth-order valence-corrected chi connectivity index (χ4v) is 4.30. The number of aryl methyl sites for hydroxylation is 1. The molecule has 0 unspecified atom stereocenters. The van der Waals surface area contributed by atoms with Crippen molar-refractivity contribution in [2.24, 2.45) is 11.3 Å². The molecule has 0 aliphatic carbocycles. The molecule has 116 valence electrons. The van der Waals surface area contributed by atoms with Gasteiger partial charge in [-0.1, -0.05) is 4.49 Å². The number of aromatic nitrogens is 2. The van der Waals surface area contributed by atoms with Crippen LogP contribution >= 0.6 is 11.5 Å². The van der Waals surface area contributed by atoms with Crippen LogP contribution in [0.5, 0.6) is 0 Å². The van der Waals surface area contributed by atoms with Gasteiger partial charge in [0.15, 0.2) is 5.69 Å². The van der Waals surface area contributed by atoms with Gasteiger partial charge in [0.05, 0.1) is 11.5 Å². The van der Waals surface area contributed by atoms with Crippen LogP contribution in [0.4, 0.5) is 0 Å². The molecule has 3 rings (SSSR count). The van der Waals surface area contributed by atoms with Crippen LogP contribution in [0, 0.1) is 18.3 Å². The maximum absolute atomic E-state index is 12.6. The highest BCUT2D eigenvalue weighted by atomic mass is 32.1. The average Bonchev–Trinajstić information content (AvgIpc) is 3.11. The molecule has 2 fully saturated rings. The lowest BCUT2D eigenvalue weighted by Gasteiger charge is -2.29. The second-order valence-corrected chi connectivity index (χ2v) is 7.32. The van der Waals surface area contributed by atoms with E-state index in [0.717, 1.165) is 44.1 Å². The first-order valence-corrected chi connectivity index (χ1v) is 8.09. The van der Waals surface area contributed by atoms with E-state index >= 15 is 0 Å². The van der Waals surface area contributed by atoms with Crippen molar-refractivity contribution in [3.63, 3.8) is 0 Å². The third kappa shape index (κ3) is 2.58. The van der Waals surface area contributed by atoms with E-state index in [-0.39, 0.29) is 11.3 Å². The number of nitrogens with zero attached hydrogens (tertiary/aromatic N) is 4. The molecule has 0 aromatic carbocycles. The van der Waals surface area contributed by atoms with Crippen molar-refractivity contribution < 1.29 is 9.53 Å². The van der Waals surface area contributed by atoms with E-state index in [4.69, 9.17) is 4.74 Å². The van der Waals surface area contributed by atoms with E-state index in [1.165, 1.54) is 11.5 Å². The molecule has 1 aromatic rings. The van der Waals surface area contributed by atoms with Crippen LogP contribution < -0.4 is 0 Å². The van der Waals surface area contributed by atoms with Crippen LogP contribution in [0.15, 0.2) is 0 Å². The number of hydrogen-bond donors (Lipinski definition) is 0. The molecule has 2 atom stereocenters. The Kier molecular flexibility index (Phi) is 3.98. The summed E-state index contributed by atoms with van der Waals surface area (Å²) in [5.41, 5.74) is 0.698. The second-order valence-electron chi connectivity index (χ2n) is 6.37. The first-order chi connectivity index (χ1) is 10.1. The summed E-state index contributed by atoms with van der Waals surface area (Å²) in [6.07, 6.45) is 1.05. The van der Waals surface area contributed by atoms with E-state index in [0.29, 0.717) is 11.6 Å². The predicted molar refractivity (Wildman–Crippen MR) is 80.5 cm³/mol. The van der Waals surface area contributed by atoms with Crippen LogP contribution in [0.1, 0.15) is 21.8 Å². The van der Waals surface area contributed by atoms with Crippen molar-refractivity contribution >= 4 is 17.4 Å². The highest BCUT2D eigenvalue weighted by Gasteiger charge is 2.50. The standard InChI is InChI=1S/C14H22N4O2S/c1-10-12(15-16-21-10)13(19)18-5-4-14(9-18)8-17(2)6-11(14)7-20-3/h11H,4-9H2,1-3H3/t11-,14-/m1/s1. The van der Waals surface area contributed by atoms with E-state index in [1.807, 2.05) is 11.8 Å². The first-order valence-electron chi connectivity index (χ1n) is 7.31. The lowest BCUT2D eigenvalue weighted by atomic mass is 9.77. The smallest absolute Gasteiger partial charge is 0.275 e. The zero-order valence-electron chi connectivity index (χ0n) is 12.8. The zero-order valence-corrected chi connectivity index (χ0v) is 13.7. The second kappa shape index (κ2) is 5.62. The van der Waals surface area contributed by atoms with Crippen LogP contribution in [0.25, 0.3) is 0 Å². The molecule has 0 bridgehead atoms. The van der Waals surface area contributed by atoms with Gasteiger partial charge in [-0.3, -0.25) is 4.79 Å². The number of amides is 1. The summed E-state index contributed by atoms with van der Waals surface area (Å²) in [6.45, 7) is 6.38. The van der Waals surface area contributed by atoms with Gasteiger partial charge in [-0.15, -0.1) is 5.10 Å². The summed E-state index contributed by atoms with van der Waals surface area (Å²) in [5, 5.41) is 3.99. The van der Waals surface area contributed by atoms with Crippen LogP contribution in [-0.4, -0.2) is 72.2 Å². The average molecular weight is 310 g/mol. The van der Waals surface area contributed by atoms with Crippen molar-refractivity contribution in [3.8, 4) is 0 Å². The van der Waals surface area contributed by atoms with Gasteiger partial charge in [-0.05, 0) is 31.9 Å². The third-order valence-corrected chi connectivity index (χ3v) is 5.51. The molecular formula is C14H22N4O2S. The molecule has 3 heterocycles. The summed E-state index contributed by atoms with van der Waals surface area (Å²) in [4.78, 5) is 17.8. The predicted octanol–water partition coefficient (Wildman–Crippen LogP) is 0.887. The highest BCUT2D eigenvalue weighted by Crippen LogP contribution is 2.43. The van der Waals surface area contributed by atoms with Crippen molar-refractivity contribution in [2.75, 3.05) is 46.9 Å². The molecule has 0 radical (unpaired) electrons. The summed E-state index contributed by atoms with van der Waals surface area (Å²) in [5.74, 6) is 0.531. The minimum atomic E-state index is 0.0313. The van der Waals surface area contributed by atoms with Crippen LogP contribution in [0.2, 0.25) is 0 Å². The lowest BCUT2D eigenvalue weighted by molar-refractivity contribution is 0.0710. The fourth-order valence-electron chi connectivity index (χ4n) is 3.84. The number of ether oxygens (including phenoxy) is 1. The Balaban J connectivity index is 1.75. The Bertz CT molecular complexity index is 535. The van der Waals surface area contributed by atoms with Gasteiger partial charge in [0.2, 0.25) is 0 Å². The van der Waals surface area contributed by atoms with Crippen molar-refractivity contribution in [1.82, 2.24) is 19.4 Å². The minimum Gasteiger partial charge on any atom is -0.384 e. The van der Waals surface area contributed by atoms with E-state index < -0.39 is 0 Å². The molecule has 2 aliphatic rings. The quantitative estimate of drug-likeness (QED) is 0.830. The topological polar surface area (TPSA) is 58.6 Å². The fraction of sp³-hybridized carbons (Fsp3) is 0.786. The normalized spacial score (nSPS) is 29.7. The molecule has 1 spiro atoms. The van der Waals surface area contributed by atoms with Gasteiger partial charge >= 0.3 is 0 Å². The number of methoxy groups -OCH3 is 1. The number of likely N-dealkylation sites (tertiary alicyclic amines) is 2. The maximum Gasteiger partial charge on any atom is 0.275 e. The van der Waals surface area contributed by atoms with E-state index in [1.54, 1.807) is 7.11 Å². The number of carbonyl (C=O) groups excluding carboxylic acids is 1. The minimum absolute atomic E-state index is 0.0313. The maximum atomic E-state index is 12.6. The third-order valence-electron chi connectivity index (χ3n) is 4.88. The van der Waals surface area contributed by atoms with Crippen molar-refractivity contribution in [3.05, 3.63) is 10.6 Å². The molecular weight excluding hydrogens is 288 g/mol. The Morgan fingerprint density at radius 1 is 1.52 bits per heavy atom. The molecule has 21 heavy (non-hydrogen) atoms. The largest absolute Gasteiger partial charge is 0.384 e. The number of carbonyl (C=O) groups is 1. The Morgan fingerprint density at radius 2 is 2.33 bits per heavy atom. The lowest BCUT2D eigenvalue weighted by Crippen LogP contribution is -2.38. The SMILES string of the molecule is COC[C@H]1CN(C)C[C@@]12CCN(C(=O)c1nnsc1C)C2. The van der Waals surface area contributed by atoms with Gasteiger partial charge in [0.1, 0.15) is 0 Å². The summed E-state index contributed by atoms with van der Waals surface area (Å²) in [6, 6.07) is 0. The molecule has 0 N–H and O–H groups in total. The highest BCUT2D eigenvalue weighted by molar-refractivity contribution is 7.05. The van der Waals surface area contributed by atoms with Crippen LogP contribution in [-0.2, 0) is 4.74 Å². The summed E-state index contributed by atoms with van der Waals surface area (Å²) in [7, 11) is 3.91. The zero-order chi connectivity index (χ0) is 15.0. The van der Waals surface area contributed by atoms with Gasteiger partial charge in [0.25, 0.3) is 5.91 Å². The van der Waals surface area contributed by atoms with Crippen LogP contribution in [0.3, 0.4) is 0 Å². The Labute approximate surface area is 129 Å². The first kappa shape index (κ1) is 14.9. The molecule has 2 saturated heterocycles. The number of rotatable bonds is 3. The van der Waals surface area contributed by atoms with Gasteiger partial charge in [-0.2, -0.15) is 0 Å². The van der Waals surface area contributed by atoms with Crippen molar-refractivity contribution in [1.29, 1.82) is 0 Å². The summed E-state index contributed by atoms with van der Waals surface area (Å²) >= 11 is 1.29. The van der Waals surface area contributed by atoms with Gasteiger partial charge in [-0.25, -0.2) is 0 Å². The molecule has 1 amide bonds. The molecule has 2 aliphatic heterocycles. The van der Waals surface area contributed by atoms with E-state index in [9.17, 15) is 4.79 Å². The molecule has 0 saturated carbocycles. The Morgan fingerprint density at radius 3 is 3.00 bits per heavy atom. The monoisotopic (exact) mass is 310 g/mol. The molecule has 6 nitrogen and oxygen atoms in total. The van der Waals surface area contributed by atoms with E-state index in [2.05, 4.69) is 21.5 Å². The van der Waals surface area contributed by atoms with Gasteiger partial charge in [0, 0.05) is 44.6 Å². The van der Waals surface area contributed by atoms with Gasteiger partial charge < -0.3 is 14.5 Å². The molecule has 1 aromatic heterocycles. The molecule has 7 heteroatoms.